The Balaban J connectivity index is 1.63. The van der Waals surface area contributed by atoms with Crippen molar-refractivity contribution in [2.24, 2.45) is 5.92 Å². The zero-order valence-corrected chi connectivity index (χ0v) is 15.1. The minimum atomic E-state index is -0.423. The van der Waals surface area contributed by atoms with Gasteiger partial charge in [0.25, 0.3) is 0 Å². The monoisotopic (exact) mass is 372 g/mol. The second-order valence-electron chi connectivity index (χ2n) is 6.75. The molecule has 1 saturated heterocycles. The Morgan fingerprint density at radius 3 is 2.91 bits per heavy atom. The van der Waals surface area contributed by atoms with Crippen molar-refractivity contribution in [1.29, 1.82) is 0 Å². The van der Waals surface area contributed by atoms with Crippen LogP contribution in [0.3, 0.4) is 0 Å². The van der Waals surface area contributed by atoms with Gasteiger partial charge in [-0.05, 0) is 74.1 Å². The summed E-state index contributed by atoms with van der Waals surface area (Å²) in [7, 11) is 0. The van der Waals surface area contributed by atoms with Gasteiger partial charge in [-0.2, -0.15) is 0 Å². The Bertz CT molecular complexity index is 496. The second kappa shape index (κ2) is 7.51. The third-order valence-corrected chi connectivity index (χ3v) is 4.02. The summed E-state index contributed by atoms with van der Waals surface area (Å²) in [5, 5.41) is 3.37. The number of nitrogens with zero attached hydrogens (tertiary/aromatic N) is 1. The highest BCUT2D eigenvalue weighted by molar-refractivity contribution is 9.10. The van der Waals surface area contributed by atoms with Crippen LogP contribution in [-0.4, -0.2) is 36.2 Å². The lowest BCUT2D eigenvalue weighted by atomic mass is 10.1. The molecule has 6 heteroatoms. The van der Waals surface area contributed by atoms with E-state index in [0.717, 1.165) is 49.5 Å². The average molecular weight is 373 g/mol. The molecule has 1 N–H and O–H groups in total. The number of furan rings is 1. The van der Waals surface area contributed by atoms with Gasteiger partial charge in [-0.15, -0.1) is 0 Å². The number of hydrogen-bond donors (Lipinski definition) is 1. The molecule has 1 aromatic rings. The van der Waals surface area contributed by atoms with Crippen LogP contribution < -0.4 is 5.32 Å². The first-order valence-electron chi connectivity index (χ1n) is 7.76. The number of likely N-dealkylation sites (tertiary alicyclic amines) is 1. The van der Waals surface area contributed by atoms with Crippen LogP contribution in [-0.2, 0) is 11.3 Å². The average Bonchev–Trinajstić information content (AvgIpc) is 3.02. The summed E-state index contributed by atoms with van der Waals surface area (Å²) in [6.07, 6.45) is 1.91. The number of carbonyl (C=O) groups is 1. The lowest BCUT2D eigenvalue weighted by Crippen LogP contribution is -2.35. The second-order valence-corrected chi connectivity index (χ2v) is 7.53. The summed E-state index contributed by atoms with van der Waals surface area (Å²) < 4.78 is 11.6. The third kappa shape index (κ3) is 5.65. The van der Waals surface area contributed by atoms with Crippen LogP contribution in [0.4, 0.5) is 4.79 Å². The van der Waals surface area contributed by atoms with Gasteiger partial charge in [-0.25, -0.2) is 4.79 Å². The fourth-order valence-corrected chi connectivity index (χ4v) is 2.87. The van der Waals surface area contributed by atoms with Crippen molar-refractivity contribution in [2.45, 2.75) is 45.8 Å². The standard InChI is InChI=1S/C16H25BrN2O3/c1-16(2,3)22-15(20)19-9-7-12(11-19)6-8-18-10-13-4-5-14(17)21-13/h4-5,12,18H,6-11H2,1-3H3. The molecular weight excluding hydrogens is 348 g/mol. The highest BCUT2D eigenvalue weighted by atomic mass is 79.9. The maximum Gasteiger partial charge on any atom is 0.410 e. The predicted molar refractivity (Wildman–Crippen MR) is 88.6 cm³/mol. The van der Waals surface area contributed by atoms with Gasteiger partial charge >= 0.3 is 6.09 Å². The summed E-state index contributed by atoms with van der Waals surface area (Å²) in [6, 6.07) is 3.85. The smallest absolute Gasteiger partial charge is 0.410 e. The van der Waals surface area contributed by atoms with Gasteiger partial charge in [-0.1, -0.05) is 0 Å². The SMILES string of the molecule is CC(C)(C)OC(=O)N1CCC(CCNCc2ccc(Br)o2)C1. The maximum atomic E-state index is 12.0. The number of rotatable bonds is 5. The van der Waals surface area contributed by atoms with Crippen LogP contribution in [0.25, 0.3) is 0 Å². The molecule has 5 nitrogen and oxygen atoms in total. The van der Waals surface area contributed by atoms with E-state index >= 15 is 0 Å². The van der Waals surface area contributed by atoms with Crippen LogP contribution in [0.15, 0.2) is 21.2 Å². The largest absolute Gasteiger partial charge is 0.453 e. The number of nitrogens with one attached hydrogen (secondary N) is 1. The molecule has 1 aliphatic heterocycles. The van der Waals surface area contributed by atoms with Gasteiger partial charge in [0, 0.05) is 13.1 Å². The summed E-state index contributed by atoms with van der Waals surface area (Å²) in [5.41, 5.74) is -0.423. The molecule has 2 rings (SSSR count). The lowest BCUT2D eigenvalue weighted by molar-refractivity contribution is 0.0287. The van der Waals surface area contributed by atoms with Crippen molar-refractivity contribution in [3.8, 4) is 0 Å². The number of amides is 1. The first-order chi connectivity index (χ1) is 10.3. The van der Waals surface area contributed by atoms with E-state index < -0.39 is 5.60 Å². The van der Waals surface area contributed by atoms with Crippen LogP contribution in [0.1, 0.15) is 39.4 Å². The van der Waals surface area contributed by atoms with Gasteiger partial charge in [0.05, 0.1) is 6.54 Å². The van der Waals surface area contributed by atoms with Crippen molar-refractivity contribution >= 4 is 22.0 Å². The molecule has 0 aromatic carbocycles. The molecule has 0 saturated carbocycles. The van der Waals surface area contributed by atoms with Gasteiger partial charge in [0.15, 0.2) is 4.67 Å². The van der Waals surface area contributed by atoms with Crippen LogP contribution in [0.2, 0.25) is 0 Å². The zero-order chi connectivity index (χ0) is 16.2. The van der Waals surface area contributed by atoms with Crippen molar-refractivity contribution < 1.29 is 13.9 Å². The molecule has 0 bridgehead atoms. The van der Waals surface area contributed by atoms with E-state index in [-0.39, 0.29) is 6.09 Å². The Morgan fingerprint density at radius 1 is 1.50 bits per heavy atom. The molecule has 2 heterocycles. The van der Waals surface area contributed by atoms with E-state index in [1.807, 2.05) is 37.8 Å². The minimum absolute atomic E-state index is 0.191. The van der Waals surface area contributed by atoms with Crippen LogP contribution in [0.5, 0.6) is 0 Å². The molecule has 0 aliphatic carbocycles. The van der Waals surface area contributed by atoms with Crippen molar-refractivity contribution in [1.82, 2.24) is 10.2 Å². The van der Waals surface area contributed by atoms with E-state index in [1.165, 1.54) is 0 Å². The molecule has 124 valence electrons. The number of hydrogen-bond acceptors (Lipinski definition) is 4. The Kier molecular flexibility index (Phi) is 5.92. The van der Waals surface area contributed by atoms with Crippen molar-refractivity contribution in [3.63, 3.8) is 0 Å². The van der Waals surface area contributed by atoms with Crippen molar-refractivity contribution in [3.05, 3.63) is 22.6 Å². The number of carbonyl (C=O) groups excluding carboxylic acids is 1. The molecule has 0 radical (unpaired) electrons. The first kappa shape index (κ1) is 17.3. The van der Waals surface area contributed by atoms with E-state index in [0.29, 0.717) is 5.92 Å². The molecule has 0 spiro atoms. The summed E-state index contributed by atoms with van der Waals surface area (Å²) in [4.78, 5) is 13.8. The fraction of sp³-hybridized carbons (Fsp3) is 0.688. The third-order valence-electron chi connectivity index (χ3n) is 3.59. The lowest BCUT2D eigenvalue weighted by Gasteiger charge is -2.24. The summed E-state index contributed by atoms with van der Waals surface area (Å²) in [6.45, 7) is 8.94. The molecule has 1 atom stereocenters. The van der Waals surface area contributed by atoms with Gasteiger partial charge in [0.1, 0.15) is 11.4 Å². The minimum Gasteiger partial charge on any atom is -0.453 e. The highest BCUT2D eigenvalue weighted by Crippen LogP contribution is 2.21. The fourth-order valence-electron chi connectivity index (χ4n) is 2.53. The number of halogens is 1. The van der Waals surface area contributed by atoms with Gasteiger partial charge < -0.3 is 19.4 Å². The molecule has 1 fully saturated rings. The molecule has 22 heavy (non-hydrogen) atoms. The summed E-state index contributed by atoms with van der Waals surface area (Å²) in [5.74, 6) is 1.47. The van der Waals surface area contributed by atoms with Gasteiger partial charge in [0.2, 0.25) is 0 Å². The normalized spacial score (nSPS) is 18.7. The molecule has 1 amide bonds. The Labute approximate surface area is 140 Å². The van der Waals surface area contributed by atoms with E-state index in [9.17, 15) is 4.79 Å². The van der Waals surface area contributed by atoms with E-state index in [1.54, 1.807) is 0 Å². The summed E-state index contributed by atoms with van der Waals surface area (Å²) >= 11 is 3.29. The maximum absolute atomic E-state index is 12.0. The molecule has 1 unspecified atom stereocenters. The van der Waals surface area contributed by atoms with Crippen LogP contribution in [0, 0.1) is 5.92 Å². The molecule has 1 aliphatic rings. The molecular formula is C16H25BrN2O3. The zero-order valence-electron chi connectivity index (χ0n) is 13.5. The number of ether oxygens (including phenoxy) is 1. The Morgan fingerprint density at radius 2 is 2.27 bits per heavy atom. The molecule has 1 aromatic heterocycles. The van der Waals surface area contributed by atoms with E-state index in [4.69, 9.17) is 9.15 Å². The topological polar surface area (TPSA) is 54.7 Å². The quantitative estimate of drug-likeness (QED) is 0.799. The highest BCUT2D eigenvalue weighted by Gasteiger charge is 2.29. The van der Waals surface area contributed by atoms with Gasteiger partial charge in [-0.3, -0.25) is 0 Å². The Hall–Kier alpha value is -1.01. The van der Waals surface area contributed by atoms with Crippen molar-refractivity contribution in [2.75, 3.05) is 19.6 Å². The first-order valence-corrected chi connectivity index (χ1v) is 8.55. The van der Waals surface area contributed by atoms with Crippen LogP contribution >= 0.6 is 15.9 Å². The van der Waals surface area contributed by atoms with E-state index in [2.05, 4.69) is 21.2 Å². The predicted octanol–water partition coefficient (Wildman–Crippen LogP) is 3.78.